The minimum Gasteiger partial charge on any atom is -0.485 e. The number of para-hydroxylation sites is 1. The van der Waals surface area contributed by atoms with Crippen LogP contribution in [0.25, 0.3) is 6.08 Å². The number of alkyl carbamates (subject to hydrolysis) is 1. The second-order valence-corrected chi connectivity index (χ2v) is 7.97. The summed E-state index contributed by atoms with van der Waals surface area (Å²) in [4.78, 5) is 23.4. The van der Waals surface area contributed by atoms with Gasteiger partial charge in [-0.2, -0.15) is 5.10 Å². The molecule has 1 heterocycles. The highest BCUT2D eigenvalue weighted by molar-refractivity contribution is 5.89. The molecule has 0 bridgehead atoms. The fourth-order valence-electron chi connectivity index (χ4n) is 2.73. The maximum atomic E-state index is 11.9. The molecule has 158 valence electrons. The Kier molecular flexibility index (Phi) is 8.24. The van der Waals surface area contributed by atoms with Gasteiger partial charge >= 0.3 is 6.09 Å². The van der Waals surface area contributed by atoms with Crippen molar-refractivity contribution in [2.24, 2.45) is 5.10 Å². The van der Waals surface area contributed by atoms with Crippen molar-refractivity contribution in [3.8, 4) is 5.75 Å². The predicted molar refractivity (Wildman–Crippen MR) is 114 cm³/mol. The van der Waals surface area contributed by atoms with Crippen molar-refractivity contribution in [2.75, 3.05) is 6.54 Å². The van der Waals surface area contributed by atoms with E-state index in [1.807, 2.05) is 58.0 Å². The number of fused-ring (bicyclic) bond motifs is 1. The third-order valence-electron chi connectivity index (χ3n) is 4.17. The molecule has 7 heteroatoms. The summed E-state index contributed by atoms with van der Waals surface area (Å²) < 4.78 is 11.0. The zero-order valence-electron chi connectivity index (χ0n) is 17.7. The first-order valence-corrected chi connectivity index (χ1v) is 10.0. The molecule has 2 rings (SSSR count). The van der Waals surface area contributed by atoms with E-state index in [1.54, 1.807) is 6.21 Å². The van der Waals surface area contributed by atoms with Gasteiger partial charge in [0.25, 0.3) is 0 Å². The highest BCUT2D eigenvalue weighted by atomic mass is 16.6. The summed E-state index contributed by atoms with van der Waals surface area (Å²) >= 11 is 0. The third kappa shape index (κ3) is 8.37. The topological polar surface area (TPSA) is 89.0 Å². The molecule has 0 spiro atoms. The van der Waals surface area contributed by atoms with E-state index in [9.17, 15) is 9.59 Å². The Bertz CT molecular complexity index is 766. The minimum absolute atomic E-state index is 0.122. The van der Waals surface area contributed by atoms with Crippen molar-refractivity contribution in [2.45, 2.75) is 65.1 Å². The molecule has 2 amide bonds. The molecular formula is C22H31N3O4. The zero-order valence-corrected chi connectivity index (χ0v) is 17.7. The lowest BCUT2D eigenvalue weighted by molar-refractivity contribution is -0.121. The number of benzene rings is 1. The maximum Gasteiger partial charge on any atom is 0.407 e. The Morgan fingerprint density at radius 2 is 1.97 bits per heavy atom. The number of hydrogen-bond acceptors (Lipinski definition) is 5. The summed E-state index contributed by atoms with van der Waals surface area (Å²) in [6.45, 7) is 7.95. The second kappa shape index (κ2) is 10.6. The molecule has 7 nitrogen and oxygen atoms in total. The van der Waals surface area contributed by atoms with E-state index >= 15 is 0 Å². The number of amides is 2. The predicted octanol–water partition coefficient (Wildman–Crippen LogP) is 4.04. The summed E-state index contributed by atoms with van der Waals surface area (Å²) in [5, 5.41) is 6.75. The Morgan fingerprint density at radius 1 is 1.21 bits per heavy atom. The number of rotatable bonds is 8. The smallest absolute Gasteiger partial charge is 0.407 e. The average molecular weight is 402 g/mol. The van der Waals surface area contributed by atoms with Crippen LogP contribution in [0.4, 0.5) is 4.79 Å². The highest BCUT2D eigenvalue weighted by Gasteiger charge is 2.17. The largest absolute Gasteiger partial charge is 0.485 e. The van der Waals surface area contributed by atoms with Gasteiger partial charge in [-0.3, -0.25) is 4.79 Å². The molecule has 1 aromatic carbocycles. The van der Waals surface area contributed by atoms with E-state index in [4.69, 9.17) is 9.47 Å². The van der Waals surface area contributed by atoms with Crippen LogP contribution in [-0.4, -0.2) is 36.5 Å². The van der Waals surface area contributed by atoms with Gasteiger partial charge < -0.3 is 14.8 Å². The second-order valence-electron chi connectivity index (χ2n) is 7.97. The van der Waals surface area contributed by atoms with E-state index in [1.165, 1.54) is 0 Å². The minimum atomic E-state index is -0.496. The quantitative estimate of drug-likeness (QED) is 0.391. The lowest BCUT2D eigenvalue weighted by Crippen LogP contribution is -2.33. The van der Waals surface area contributed by atoms with E-state index in [-0.39, 0.29) is 12.0 Å². The molecule has 1 unspecified atom stereocenters. The normalized spacial score (nSPS) is 15.9. The monoisotopic (exact) mass is 401 g/mol. The Balaban J connectivity index is 1.62. The number of hydrazone groups is 1. The van der Waals surface area contributed by atoms with Crippen molar-refractivity contribution in [1.29, 1.82) is 0 Å². The lowest BCUT2D eigenvalue weighted by Gasteiger charge is -2.22. The standard InChI is InChI=1S/C22H31N3O4/c1-16-18(14-17-10-7-8-11-19(17)28-16)15-24-25-20(26)12-6-5-9-13-23-21(27)29-22(2,3)4/h7-8,10-11,14-16H,5-6,9,12-13H2,1-4H3,(H,23,27)(H,25,26)/b24-15+. The molecule has 0 aromatic heterocycles. The fraction of sp³-hybridized carbons (Fsp3) is 0.500. The first-order chi connectivity index (χ1) is 13.7. The molecule has 0 saturated heterocycles. The van der Waals surface area contributed by atoms with Crippen molar-refractivity contribution in [3.63, 3.8) is 0 Å². The third-order valence-corrected chi connectivity index (χ3v) is 4.17. The maximum absolute atomic E-state index is 11.9. The molecule has 0 fully saturated rings. The number of unbranched alkanes of at least 4 members (excludes halogenated alkanes) is 2. The lowest BCUT2D eigenvalue weighted by atomic mass is 10.0. The first-order valence-electron chi connectivity index (χ1n) is 10.0. The van der Waals surface area contributed by atoms with Crippen LogP contribution in [0.3, 0.4) is 0 Å². The van der Waals surface area contributed by atoms with Crippen LogP contribution >= 0.6 is 0 Å². The van der Waals surface area contributed by atoms with Crippen LogP contribution in [0.1, 0.15) is 58.9 Å². The van der Waals surface area contributed by atoms with Crippen LogP contribution < -0.4 is 15.5 Å². The van der Waals surface area contributed by atoms with Gasteiger partial charge in [-0.1, -0.05) is 24.6 Å². The number of nitrogens with one attached hydrogen (secondary N) is 2. The summed E-state index contributed by atoms with van der Waals surface area (Å²) in [5.41, 5.74) is 3.96. The average Bonchev–Trinajstić information content (AvgIpc) is 2.63. The van der Waals surface area contributed by atoms with E-state index < -0.39 is 11.7 Å². The molecule has 2 N–H and O–H groups in total. The van der Waals surface area contributed by atoms with E-state index in [2.05, 4.69) is 15.8 Å². The summed E-state index contributed by atoms with van der Waals surface area (Å²) in [7, 11) is 0. The summed E-state index contributed by atoms with van der Waals surface area (Å²) in [6, 6.07) is 7.80. The van der Waals surface area contributed by atoms with Gasteiger partial charge in [-0.05, 0) is 52.7 Å². The molecule has 0 saturated carbocycles. The van der Waals surface area contributed by atoms with E-state index in [0.29, 0.717) is 13.0 Å². The SMILES string of the molecule is CC1Oc2ccccc2C=C1/C=N/NC(=O)CCCCCNC(=O)OC(C)(C)C. The number of carbonyl (C=O) groups excluding carboxylic acids is 2. The molecule has 1 aliphatic rings. The van der Waals surface area contributed by atoms with Crippen molar-refractivity contribution in [1.82, 2.24) is 10.7 Å². The van der Waals surface area contributed by atoms with E-state index in [0.717, 1.165) is 36.1 Å². The van der Waals surface area contributed by atoms with Crippen LogP contribution in [-0.2, 0) is 9.53 Å². The molecule has 0 aliphatic carbocycles. The number of hydrogen-bond donors (Lipinski definition) is 2. The Morgan fingerprint density at radius 3 is 2.72 bits per heavy atom. The zero-order chi connectivity index (χ0) is 21.3. The van der Waals surface area contributed by atoms with Gasteiger partial charge in [0.15, 0.2) is 0 Å². The van der Waals surface area contributed by atoms with Crippen LogP contribution in [0.5, 0.6) is 5.75 Å². The Hall–Kier alpha value is -2.83. The molecule has 1 aromatic rings. The number of nitrogens with zero attached hydrogens (tertiary/aromatic N) is 1. The number of carbonyl (C=O) groups is 2. The Labute approximate surface area is 172 Å². The van der Waals surface area contributed by atoms with Crippen molar-refractivity contribution >= 4 is 24.3 Å². The van der Waals surface area contributed by atoms with Crippen molar-refractivity contribution in [3.05, 3.63) is 35.4 Å². The fourth-order valence-corrected chi connectivity index (χ4v) is 2.73. The van der Waals surface area contributed by atoms with Gasteiger partial charge in [0.05, 0.1) is 6.21 Å². The molecule has 29 heavy (non-hydrogen) atoms. The summed E-state index contributed by atoms with van der Waals surface area (Å²) in [6.07, 6.45) is 5.84. The molecule has 0 radical (unpaired) electrons. The highest BCUT2D eigenvalue weighted by Crippen LogP contribution is 2.28. The van der Waals surface area contributed by atoms with Crippen LogP contribution in [0.2, 0.25) is 0 Å². The van der Waals surface area contributed by atoms with Gasteiger partial charge in [0.2, 0.25) is 5.91 Å². The van der Waals surface area contributed by atoms with Crippen LogP contribution in [0, 0.1) is 0 Å². The van der Waals surface area contributed by atoms with Gasteiger partial charge in [0.1, 0.15) is 17.5 Å². The van der Waals surface area contributed by atoms with Gasteiger partial charge in [0, 0.05) is 24.1 Å². The first kappa shape index (κ1) is 22.5. The number of ether oxygens (including phenoxy) is 2. The molecule has 1 aliphatic heterocycles. The van der Waals surface area contributed by atoms with Gasteiger partial charge in [-0.25, -0.2) is 10.2 Å². The van der Waals surface area contributed by atoms with Crippen molar-refractivity contribution < 1.29 is 19.1 Å². The molecular weight excluding hydrogens is 370 g/mol. The molecule has 1 atom stereocenters. The van der Waals surface area contributed by atoms with Crippen LogP contribution in [0.15, 0.2) is 34.9 Å². The van der Waals surface area contributed by atoms with Gasteiger partial charge in [-0.15, -0.1) is 0 Å². The summed E-state index contributed by atoms with van der Waals surface area (Å²) in [5.74, 6) is 0.717.